The second kappa shape index (κ2) is 6.48. The first-order valence-corrected chi connectivity index (χ1v) is 9.25. The van der Waals surface area contributed by atoms with Gasteiger partial charge in [-0.1, -0.05) is 34.9 Å². The lowest BCUT2D eigenvalue weighted by atomic mass is 10.1. The van der Waals surface area contributed by atoms with Crippen LogP contribution in [0.4, 0.5) is 6.01 Å². The third kappa shape index (κ3) is 3.74. The second-order valence-corrected chi connectivity index (χ2v) is 7.49. The molecule has 8 heteroatoms. The number of sulfone groups is 1. The standard InChI is InChI=1S/C17H15N3O4S/c1-11-6-5-7-12(10-11)16-19-20-17(24-16)18-15(21)13-8-3-4-9-14(13)25(2,22)23/h3-10H,1-2H3,(H,18,20,21). The van der Waals surface area contributed by atoms with Crippen molar-refractivity contribution < 1.29 is 17.6 Å². The summed E-state index contributed by atoms with van der Waals surface area (Å²) < 4.78 is 29.0. The Labute approximate surface area is 144 Å². The number of rotatable bonds is 4. The van der Waals surface area contributed by atoms with E-state index in [4.69, 9.17) is 4.42 Å². The number of carbonyl (C=O) groups is 1. The van der Waals surface area contributed by atoms with Crippen LogP contribution < -0.4 is 5.32 Å². The van der Waals surface area contributed by atoms with Crippen molar-refractivity contribution in [3.8, 4) is 11.5 Å². The number of hydrogen-bond donors (Lipinski definition) is 1. The molecule has 0 fully saturated rings. The lowest BCUT2D eigenvalue weighted by Gasteiger charge is -2.06. The molecule has 128 valence electrons. The lowest BCUT2D eigenvalue weighted by molar-refractivity contribution is 0.102. The van der Waals surface area contributed by atoms with Crippen molar-refractivity contribution in [2.24, 2.45) is 0 Å². The van der Waals surface area contributed by atoms with Gasteiger partial charge in [0.15, 0.2) is 9.84 Å². The monoisotopic (exact) mass is 357 g/mol. The molecule has 0 bridgehead atoms. The third-order valence-corrected chi connectivity index (χ3v) is 4.60. The summed E-state index contributed by atoms with van der Waals surface area (Å²) in [5, 5.41) is 10.1. The Bertz CT molecular complexity index is 1040. The van der Waals surface area contributed by atoms with Crippen LogP contribution in [0, 0.1) is 6.92 Å². The van der Waals surface area contributed by atoms with Crippen LogP contribution >= 0.6 is 0 Å². The first kappa shape index (κ1) is 16.8. The maximum atomic E-state index is 12.4. The molecule has 1 aromatic heterocycles. The second-order valence-electron chi connectivity index (χ2n) is 5.50. The Balaban J connectivity index is 1.86. The van der Waals surface area contributed by atoms with Crippen LogP contribution in [-0.2, 0) is 9.84 Å². The van der Waals surface area contributed by atoms with Gasteiger partial charge in [-0.15, -0.1) is 5.10 Å². The van der Waals surface area contributed by atoms with Crippen LogP contribution in [-0.4, -0.2) is 30.8 Å². The van der Waals surface area contributed by atoms with Gasteiger partial charge in [0.1, 0.15) is 0 Å². The van der Waals surface area contributed by atoms with E-state index in [0.717, 1.165) is 17.4 Å². The summed E-state index contributed by atoms with van der Waals surface area (Å²) in [4.78, 5) is 12.3. The molecule has 0 radical (unpaired) electrons. The molecule has 0 atom stereocenters. The third-order valence-electron chi connectivity index (χ3n) is 3.44. The van der Waals surface area contributed by atoms with Crippen molar-refractivity contribution in [3.63, 3.8) is 0 Å². The van der Waals surface area contributed by atoms with Gasteiger partial charge in [-0.3, -0.25) is 10.1 Å². The van der Waals surface area contributed by atoms with Crippen LogP contribution in [0.25, 0.3) is 11.5 Å². The minimum absolute atomic E-state index is 0.0142. The number of benzene rings is 2. The molecule has 2 aromatic carbocycles. The van der Waals surface area contributed by atoms with E-state index in [-0.39, 0.29) is 22.4 Å². The molecule has 0 saturated heterocycles. The molecule has 1 amide bonds. The van der Waals surface area contributed by atoms with E-state index in [1.807, 2.05) is 31.2 Å². The highest BCUT2D eigenvalue weighted by atomic mass is 32.2. The maximum absolute atomic E-state index is 12.4. The van der Waals surface area contributed by atoms with Gasteiger partial charge >= 0.3 is 6.01 Å². The normalized spacial score (nSPS) is 11.3. The molecule has 7 nitrogen and oxygen atoms in total. The van der Waals surface area contributed by atoms with Crippen LogP contribution in [0.1, 0.15) is 15.9 Å². The summed E-state index contributed by atoms with van der Waals surface area (Å²) in [6.07, 6.45) is 1.04. The number of carbonyl (C=O) groups excluding carboxylic acids is 1. The van der Waals surface area contributed by atoms with Gasteiger partial charge in [0.25, 0.3) is 5.91 Å². The molecule has 0 aliphatic carbocycles. The van der Waals surface area contributed by atoms with Crippen LogP contribution in [0.5, 0.6) is 0 Å². The summed E-state index contributed by atoms with van der Waals surface area (Å²) in [7, 11) is -3.54. The lowest BCUT2D eigenvalue weighted by Crippen LogP contribution is -2.16. The Morgan fingerprint density at radius 1 is 1.08 bits per heavy atom. The molecule has 25 heavy (non-hydrogen) atoms. The van der Waals surface area contributed by atoms with E-state index in [1.54, 1.807) is 12.1 Å². The number of hydrogen-bond acceptors (Lipinski definition) is 6. The fourth-order valence-corrected chi connectivity index (χ4v) is 3.20. The molecule has 1 heterocycles. The van der Waals surface area contributed by atoms with Crippen LogP contribution in [0.3, 0.4) is 0 Å². The summed E-state index contributed by atoms with van der Waals surface area (Å²) >= 11 is 0. The summed E-state index contributed by atoms with van der Waals surface area (Å²) in [5.74, 6) is -0.379. The molecule has 0 saturated carbocycles. The molecule has 1 N–H and O–H groups in total. The topological polar surface area (TPSA) is 102 Å². The summed E-state index contributed by atoms with van der Waals surface area (Å²) in [6, 6.07) is 13.3. The van der Waals surface area contributed by atoms with E-state index in [2.05, 4.69) is 15.5 Å². The zero-order valence-corrected chi connectivity index (χ0v) is 14.4. The van der Waals surface area contributed by atoms with Crippen molar-refractivity contribution in [1.29, 1.82) is 0 Å². The van der Waals surface area contributed by atoms with E-state index in [0.29, 0.717) is 0 Å². The molecule has 3 aromatic rings. The van der Waals surface area contributed by atoms with Crippen molar-refractivity contribution in [3.05, 3.63) is 59.7 Å². The smallest absolute Gasteiger partial charge is 0.322 e. The van der Waals surface area contributed by atoms with Gasteiger partial charge in [-0.05, 0) is 31.2 Å². The Morgan fingerprint density at radius 3 is 2.56 bits per heavy atom. The highest BCUT2D eigenvalue weighted by Crippen LogP contribution is 2.22. The predicted molar refractivity (Wildman–Crippen MR) is 92.0 cm³/mol. The van der Waals surface area contributed by atoms with E-state index in [1.165, 1.54) is 12.1 Å². The quantitative estimate of drug-likeness (QED) is 0.770. The Hall–Kier alpha value is -3.00. The van der Waals surface area contributed by atoms with E-state index in [9.17, 15) is 13.2 Å². The number of nitrogens with zero attached hydrogens (tertiary/aromatic N) is 2. The van der Waals surface area contributed by atoms with Gasteiger partial charge in [0.05, 0.1) is 10.5 Å². The van der Waals surface area contributed by atoms with Crippen molar-refractivity contribution in [2.45, 2.75) is 11.8 Å². The molecule has 0 spiro atoms. The first-order valence-electron chi connectivity index (χ1n) is 7.35. The number of aryl methyl sites for hydroxylation is 1. The van der Waals surface area contributed by atoms with Crippen molar-refractivity contribution in [1.82, 2.24) is 10.2 Å². The highest BCUT2D eigenvalue weighted by molar-refractivity contribution is 7.90. The summed E-state index contributed by atoms with van der Waals surface area (Å²) in [6.45, 7) is 1.94. The van der Waals surface area contributed by atoms with Gasteiger partial charge in [0.2, 0.25) is 5.89 Å². The SMILES string of the molecule is Cc1cccc(-c2nnc(NC(=O)c3ccccc3S(C)(=O)=O)o2)c1. The number of amides is 1. The van der Waals surface area contributed by atoms with E-state index >= 15 is 0 Å². The molecule has 0 unspecified atom stereocenters. The van der Waals surface area contributed by atoms with Crippen LogP contribution in [0.15, 0.2) is 57.8 Å². The Morgan fingerprint density at radius 2 is 1.84 bits per heavy atom. The van der Waals surface area contributed by atoms with Crippen molar-refractivity contribution >= 4 is 21.8 Å². The summed E-state index contributed by atoms with van der Waals surface area (Å²) in [5.41, 5.74) is 1.77. The average Bonchev–Trinajstić information content (AvgIpc) is 3.02. The fraction of sp³-hybridized carbons (Fsp3) is 0.118. The average molecular weight is 357 g/mol. The predicted octanol–water partition coefficient (Wildman–Crippen LogP) is 2.70. The molecular formula is C17H15N3O4S. The van der Waals surface area contributed by atoms with Crippen LogP contribution in [0.2, 0.25) is 0 Å². The highest BCUT2D eigenvalue weighted by Gasteiger charge is 2.20. The van der Waals surface area contributed by atoms with Gasteiger partial charge in [-0.2, -0.15) is 0 Å². The van der Waals surface area contributed by atoms with Gasteiger partial charge in [0, 0.05) is 11.8 Å². The molecule has 3 rings (SSSR count). The maximum Gasteiger partial charge on any atom is 0.322 e. The molecule has 0 aliphatic heterocycles. The fourth-order valence-electron chi connectivity index (χ4n) is 2.31. The van der Waals surface area contributed by atoms with Crippen molar-refractivity contribution in [2.75, 3.05) is 11.6 Å². The number of nitrogens with one attached hydrogen (secondary N) is 1. The van der Waals surface area contributed by atoms with E-state index < -0.39 is 15.7 Å². The number of aromatic nitrogens is 2. The molecular weight excluding hydrogens is 342 g/mol. The number of anilines is 1. The Kier molecular flexibility index (Phi) is 4.37. The minimum Gasteiger partial charge on any atom is -0.403 e. The molecule has 0 aliphatic rings. The van der Waals surface area contributed by atoms with Gasteiger partial charge < -0.3 is 4.42 Å². The zero-order chi connectivity index (χ0) is 18.0. The zero-order valence-electron chi connectivity index (χ0n) is 13.6. The minimum atomic E-state index is -3.54. The first-order chi connectivity index (χ1) is 11.8. The largest absolute Gasteiger partial charge is 0.403 e. The van der Waals surface area contributed by atoms with Gasteiger partial charge in [-0.25, -0.2) is 8.42 Å².